The van der Waals surface area contributed by atoms with Gasteiger partial charge >= 0.3 is 0 Å². The van der Waals surface area contributed by atoms with Crippen molar-refractivity contribution >= 4 is 17.3 Å². The zero-order chi connectivity index (χ0) is 13.0. The molecule has 1 atom stereocenters. The van der Waals surface area contributed by atoms with Gasteiger partial charge in [-0.2, -0.15) is 5.26 Å². The summed E-state index contributed by atoms with van der Waals surface area (Å²) >= 11 is 6.02. The van der Waals surface area contributed by atoms with E-state index in [1.165, 1.54) is 0 Å². The smallest absolute Gasteiger partial charge is 0.101 e. The van der Waals surface area contributed by atoms with E-state index in [-0.39, 0.29) is 0 Å². The fraction of sp³-hybridized carbons (Fsp3) is 0.500. The Morgan fingerprint density at radius 2 is 2.17 bits per heavy atom. The molecule has 2 rings (SSSR count). The average Bonchev–Trinajstić information content (AvgIpc) is 2.40. The first-order chi connectivity index (χ1) is 8.70. The average molecular weight is 265 g/mol. The van der Waals surface area contributed by atoms with Crippen LogP contribution < -0.4 is 5.32 Å². The van der Waals surface area contributed by atoms with Gasteiger partial charge in [-0.05, 0) is 43.9 Å². The van der Waals surface area contributed by atoms with Crippen molar-refractivity contribution in [1.82, 2.24) is 0 Å². The molecule has 1 aromatic rings. The molecule has 0 bridgehead atoms. The second-order valence-corrected chi connectivity index (χ2v) is 5.10. The first-order valence-corrected chi connectivity index (χ1v) is 6.62. The van der Waals surface area contributed by atoms with Gasteiger partial charge in [-0.15, -0.1) is 0 Å². The van der Waals surface area contributed by atoms with Gasteiger partial charge in [0, 0.05) is 24.9 Å². The first-order valence-electron chi connectivity index (χ1n) is 6.24. The third-order valence-electron chi connectivity index (χ3n) is 3.46. The summed E-state index contributed by atoms with van der Waals surface area (Å²) < 4.78 is 5.36. The minimum Gasteiger partial charge on any atom is -0.382 e. The van der Waals surface area contributed by atoms with Gasteiger partial charge < -0.3 is 10.1 Å². The van der Waals surface area contributed by atoms with Crippen molar-refractivity contribution in [2.45, 2.75) is 25.8 Å². The van der Waals surface area contributed by atoms with Crippen molar-refractivity contribution < 1.29 is 4.74 Å². The quantitative estimate of drug-likeness (QED) is 0.910. The van der Waals surface area contributed by atoms with Crippen molar-refractivity contribution in [2.24, 2.45) is 5.92 Å². The summed E-state index contributed by atoms with van der Waals surface area (Å²) in [5, 5.41) is 12.8. The number of nitrogens with zero attached hydrogens (tertiary/aromatic N) is 1. The van der Waals surface area contributed by atoms with Crippen LogP contribution in [0.15, 0.2) is 18.2 Å². The summed E-state index contributed by atoms with van der Waals surface area (Å²) in [5.41, 5.74) is 1.49. The van der Waals surface area contributed by atoms with Crippen LogP contribution in [0, 0.1) is 17.2 Å². The lowest BCUT2D eigenvalue weighted by atomic mass is 9.93. The van der Waals surface area contributed by atoms with E-state index in [1.54, 1.807) is 6.07 Å². The van der Waals surface area contributed by atoms with Gasteiger partial charge in [-0.25, -0.2) is 0 Å². The summed E-state index contributed by atoms with van der Waals surface area (Å²) in [4.78, 5) is 0. The van der Waals surface area contributed by atoms with Gasteiger partial charge in [-0.3, -0.25) is 0 Å². The molecule has 1 aromatic carbocycles. The number of ether oxygens (including phenoxy) is 1. The number of halogens is 1. The minimum atomic E-state index is 0.387. The number of nitriles is 1. The zero-order valence-corrected chi connectivity index (χ0v) is 11.2. The molecular weight excluding hydrogens is 248 g/mol. The van der Waals surface area contributed by atoms with E-state index in [4.69, 9.17) is 21.6 Å². The van der Waals surface area contributed by atoms with Crippen LogP contribution in [0.4, 0.5) is 5.69 Å². The van der Waals surface area contributed by atoms with Crippen LogP contribution in [0.1, 0.15) is 25.3 Å². The highest BCUT2D eigenvalue weighted by atomic mass is 35.5. The largest absolute Gasteiger partial charge is 0.382 e. The Kier molecular flexibility index (Phi) is 4.46. The van der Waals surface area contributed by atoms with E-state index in [0.29, 0.717) is 22.5 Å². The number of nitrogens with one attached hydrogen (secondary N) is 1. The molecule has 1 aliphatic rings. The van der Waals surface area contributed by atoms with E-state index in [2.05, 4.69) is 18.3 Å². The summed E-state index contributed by atoms with van der Waals surface area (Å²) in [6, 6.07) is 7.92. The third kappa shape index (κ3) is 3.16. The standard InChI is InChI=1S/C14H17ClN2O/c1-10(11-4-6-18-7-5-11)17-13-3-2-12(9-16)14(15)8-13/h2-3,8,10-11,17H,4-7H2,1H3. The number of hydrogen-bond acceptors (Lipinski definition) is 3. The Morgan fingerprint density at radius 3 is 2.78 bits per heavy atom. The molecule has 0 aromatic heterocycles. The monoisotopic (exact) mass is 264 g/mol. The second-order valence-electron chi connectivity index (χ2n) is 4.69. The van der Waals surface area contributed by atoms with Gasteiger partial charge in [0.25, 0.3) is 0 Å². The van der Waals surface area contributed by atoms with Crippen LogP contribution >= 0.6 is 11.6 Å². The lowest BCUT2D eigenvalue weighted by molar-refractivity contribution is 0.0622. The third-order valence-corrected chi connectivity index (χ3v) is 3.77. The van der Waals surface area contributed by atoms with Crippen molar-refractivity contribution in [3.8, 4) is 6.07 Å². The zero-order valence-electron chi connectivity index (χ0n) is 10.4. The summed E-state index contributed by atoms with van der Waals surface area (Å²) in [6.45, 7) is 3.89. The molecule has 1 fully saturated rings. The van der Waals surface area contributed by atoms with Gasteiger partial charge in [0.1, 0.15) is 6.07 Å². The van der Waals surface area contributed by atoms with E-state index in [1.807, 2.05) is 12.1 Å². The fourth-order valence-corrected chi connectivity index (χ4v) is 2.51. The summed E-state index contributed by atoms with van der Waals surface area (Å²) in [5.74, 6) is 0.633. The molecule has 0 saturated carbocycles. The van der Waals surface area contributed by atoms with E-state index in [0.717, 1.165) is 31.7 Å². The maximum atomic E-state index is 8.83. The van der Waals surface area contributed by atoms with Crippen LogP contribution in [0.25, 0.3) is 0 Å². The van der Waals surface area contributed by atoms with Crippen molar-refractivity contribution in [3.63, 3.8) is 0 Å². The van der Waals surface area contributed by atoms with Crippen LogP contribution in [0.5, 0.6) is 0 Å². The van der Waals surface area contributed by atoms with Crippen molar-refractivity contribution in [1.29, 1.82) is 5.26 Å². The molecule has 96 valence electrons. The number of rotatable bonds is 3. The Balaban J connectivity index is 2.00. The van der Waals surface area contributed by atoms with Crippen molar-refractivity contribution in [2.75, 3.05) is 18.5 Å². The predicted octanol–water partition coefficient (Wildman–Crippen LogP) is 3.44. The lowest BCUT2D eigenvalue weighted by Crippen LogP contribution is -2.30. The molecule has 0 amide bonds. The number of hydrogen-bond donors (Lipinski definition) is 1. The van der Waals surface area contributed by atoms with Gasteiger partial charge in [0.15, 0.2) is 0 Å². The van der Waals surface area contributed by atoms with Gasteiger partial charge in [0.2, 0.25) is 0 Å². The molecule has 4 heteroatoms. The molecule has 1 N–H and O–H groups in total. The maximum absolute atomic E-state index is 8.83. The highest BCUT2D eigenvalue weighted by molar-refractivity contribution is 6.32. The first kappa shape index (κ1) is 13.2. The Bertz CT molecular complexity index is 450. The van der Waals surface area contributed by atoms with Crippen LogP contribution in [-0.4, -0.2) is 19.3 Å². The molecule has 0 aliphatic carbocycles. The molecule has 1 saturated heterocycles. The molecule has 1 aliphatic heterocycles. The highest BCUT2D eigenvalue weighted by Gasteiger charge is 2.20. The topological polar surface area (TPSA) is 45.0 Å². The predicted molar refractivity (Wildman–Crippen MR) is 72.8 cm³/mol. The van der Waals surface area contributed by atoms with Crippen LogP contribution in [-0.2, 0) is 4.74 Å². The molecular formula is C14H17ClN2O. The molecule has 1 heterocycles. The Morgan fingerprint density at radius 1 is 1.44 bits per heavy atom. The molecule has 3 nitrogen and oxygen atoms in total. The Labute approximate surface area is 113 Å². The second kappa shape index (κ2) is 6.08. The van der Waals surface area contributed by atoms with Gasteiger partial charge in [-0.1, -0.05) is 11.6 Å². The summed E-state index contributed by atoms with van der Waals surface area (Å²) in [7, 11) is 0. The van der Waals surface area contributed by atoms with Crippen LogP contribution in [0.3, 0.4) is 0 Å². The van der Waals surface area contributed by atoms with E-state index >= 15 is 0 Å². The minimum absolute atomic E-state index is 0.387. The fourth-order valence-electron chi connectivity index (χ4n) is 2.29. The van der Waals surface area contributed by atoms with Crippen molar-refractivity contribution in [3.05, 3.63) is 28.8 Å². The van der Waals surface area contributed by atoms with E-state index < -0.39 is 0 Å². The maximum Gasteiger partial charge on any atom is 0.101 e. The van der Waals surface area contributed by atoms with E-state index in [9.17, 15) is 0 Å². The highest BCUT2D eigenvalue weighted by Crippen LogP contribution is 2.24. The van der Waals surface area contributed by atoms with Gasteiger partial charge in [0.05, 0.1) is 10.6 Å². The molecule has 0 spiro atoms. The van der Waals surface area contributed by atoms with Crippen LogP contribution in [0.2, 0.25) is 5.02 Å². The molecule has 1 unspecified atom stereocenters. The lowest BCUT2D eigenvalue weighted by Gasteiger charge is -2.29. The number of benzene rings is 1. The Hall–Kier alpha value is -1.24. The number of anilines is 1. The summed E-state index contributed by atoms with van der Waals surface area (Å²) in [6.07, 6.45) is 2.19. The SMILES string of the molecule is CC(Nc1ccc(C#N)c(Cl)c1)C1CCOCC1. The normalized spacial score (nSPS) is 18.1. The molecule has 18 heavy (non-hydrogen) atoms. The molecule has 0 radical (unpaired) electrons.